The van der Waals surface area contributed by atoms with Gasteiger partial charge in [-0.1, -0.05) is 45.9 Å². The van der Waals surface area contributed by atoms with Crippen LogP contribution in [0.1, 0.15) is 66.2 Å². The van der Waals surface area contributed by atoms with E-state index in [2.05, 4.69) is 32.1 Å². The minimum atomic E-state index is -0.597. The van der Waals surface area contributed by atoms with Gasteiger partial charge in [0.05, 0.1) is 18.4 Å². The first-order chi connectivity index (χ1) is 13.8. The van der Waals surface area contributed by atoms with E-state index in [1.165, 1.54) is 5.57 Å². The van der Waals surface area contributed by atoms with Crippen LogP contribution in [0.5, 0.6) is 0 Å². The van der Waals surface area contributed by atoms with Gasteiger partial charge < -0.3 is 14.6 Å². The van der Waals surface area contributed by atoms with E-state index in [9.17, 15) is 14.7 Å². The smallest absolute Gasteiger partial charge is 0.308 e. The molecule has 1 heterocycles. The van der Waals surface area contributed by atoms with Crippen molar-refractivity contribution in [3.05, 3.63) is 23.8 Å². The zero-order chi connectivity index (χ0) is 21.1. The van der Waals surface area contributed by atoms with Gasteiger partial charge in [-0.25, -0.2) is 0 Å². The average Bonchev–Trinajstić information content (AvgIpc) is 2.65. The third kappa shape index (κ3) is 5.30. The Morgan fingerprint density at radius 1 is 1.31 bits per heavy atom. The lowest BCUT2D eigenvalue weighted by molar-refractivity contribution is -0.162. The number of ether oxygens (including phenoxy) is 2. The molecule has 2 aliphatic carbocycles. The summed E-state index contributed by atoms with van der Waals surface area (Å²) in [6.45, 7) is 8.33. The summed E-state index contributed by atoms with van der Waals surface area (Å²) in [7, 11) is 0. The fourth-order valence-corrected chi connectivity index (χ4v) is 5.07. The number of carbonyl (C=O) groups is 2. The number of aliphatic hydroxyl groups excluding tert-OH is 1. The molecule has 0 aromatic carbocycles. The van der Waals surface area contributed by atoms with Crippen LogP contribution in [-0.2, 0) is 19.1 Å². The molecule has 0 aromatic rings. The van der Waals surface area contributed by atoms with Crippen molar-refractivity contribution >= 4 is 11.9 Å². The van der Waals surface area contributed by atoms with Gasteiger partial charge in [0.25, 0.3) is 0 Å². The summed E-state index contributed by atoms with van der Waals surface area (Å²) >= 11 is 0. The first-order valence-electron chi connectivity index (χ1n) is 11.3. The number of fused-ring (bicyclic) bond motifs is 1. The van der Waals surface area contributed by atoms with Crippen molar-refractivity contribution < 1.29 is 24.2 Å². The predicted octanol–water partition coefficient (Wildman–Crippen LogP) is 4.20. The van der Waals surface area contributed by atoms with Gasteiger partial charge in [0.1, 0.15) is 12.2 Å². The molecule has 0 amide bonds. The Balaban J connectivity index is 1.74. The zero-order valence-electron chi connectivity index (χ0n) is 18.2. The summed E-state index contributed by atoms with van der Waals surface area (Å²) in [6.07, 6.45) is 9.70. The van der Waals surface area contributed by atoms with E-state index in [1.807, 2.05) is 13.8 Å². The van der Waals surface area contributed by atoms with Crippen LogP contribution in [0.2, 0.25) is 0 Å². The van der Waals surface area contributed by atoms with Crippen molar-refractivity contribution in [2.75, 3.05) is 0 Å². The second-order valence-corrected chi connectivity index (χ2v) is 9.36. The quantitative estimate of drug-likeness (QED) is 0.672. The molecule has 3 rings (SSSR count). The van der Waals surface area contributed by atoms with Gasteiger partial charge in [-0.15, -0.1) is 0 Å². The zero-order valence-corrected chi connectivity index (χ0v) is 18.2. The Bertz CT molecular complexity index is 666. The number of cyclic esters (lactones) is 1. The molecule has 0 spiro atoms. The molecule has 5 nitrogen and oxygen atoms in total. The van der Waals surface area contributed by atoms with Crippen LogP contribution in [0.25, 0.3) is 0 Å². The van der Waals surface area contributed by atoms with Crippen LogP contribution in [0.3, 0.4) is 0 Å². The molecule has 162 valence electrons. The molecule has 1 fully saturated rings. The van der Waals surface area contributed by atoms with Crippen molar-refractivity contribution in [3.8, 4) is 0 Å². The van der Waals surface area contributed by atoms with Gasteiger partial charge in [-0.3, -0.25) is 9.59 Å². The van der Waals surface area contributed by atoms with Gasteiger partial charge in [-0.05, 0) is 49.0 Å². The van der Waals surface area contributed by atoms with Gasteiger partial charge in [0.2, 0.25) is 0 Å². The molecule has 1 aliphatic heterocycles. The standard InChI is InChI=1S/C24H36O5/c1-5-15(3)24(27)29-21-11-14(2)10-17-7-6-16(4)20(23(17)21)9-8-19-12-18(25)13-22(26)28-19/h6-7,10,14-16,18-21,23,25H,5,8-9,11-13H2,1-4H3/t14-,15+,16-,18+,19-,20-,21-,23-/m0/s1. The fourth-order valence-electron chi connectivity index (χ4n) is 5.07. The monoisotopic (exact) mass is 404 g/mol. The highest BCUT2D eigenvalue weighted by molar-refractivity contribution is 5.72. The van der Waals surface area contributed by atoms with Crippen LogP contribution < -0.4 is 0 Å². The van der Waals surface area contributed by atoms with Gasteiger partial charge in [-0.2, -0.15) is 0 Å². The van der Waals surface area contributed by atoms with Crippen LogP contribution in [0, 0.1) is 29.6 Å². The minimum absolute atomic E-state index is 0.0854. The largest absolute Gasteiger partial charge is 0.462 e. The average molecular weight is 405 g/mol. The van der Waals surface area contributed by atoms with E-state index in [0.29, 0.717) is 24.2 Å². The second-order valence-electron chi connectivity index (χ2n) is 9.36. The predicted molar refractivity (Wildman–Crippen MR) is 111 cm³/mol. The highest BCUT2D eigenvalue weighted by Gasteiger charge is 2.42. The Morgan fingerprint density at radius 3 is 2.76 bits per heavy atom. The van der Waals surface area contributed by atoms with E-state index in [0.717, 1.165) is 25.7 Å². The molecule has 0 unspecified atom stereocenters. The summed E-state index contributed by atoms with van der Waals surface area (Å²) < 4.78 is 11.5. The van der Waals surface area contributed by atoms with Crippen LogP contribution in [-0.4, -0.2) is 35.4 Å². The van der Waals surface area contributed by atoms with E-state index in [4.69, 9.17) is 9.47 Å². The molecule has 1 saturated heterocycles. The number of aliphatic hydroxyl groups is 1. The molecule has 0 bridgehead atoms. The maximum atomic E-state index is 12.5. The molecular weight excluding hydrogens is 368 g/mol. The highest BCUT2D eigenvalue weighted by Crippen LogP contribution is 2.45. The summed E-state index contributed by atoms with van der Waals surface area (Å²) in [4.78, 5) is 24.2. The van der Waals surface area contributed by atoms with Crippen molar-refractivity contribution in [2.24, 2.45) is 29.6 Å². The Labute approximate surface area is 174 Å². The molecule has 0 aromatic heterocycles. The van der Waals surface area contributed by atoms with Crippen molar-refractivity contribution in [3.63, 3.8) is 0 Å². The first kappa shape index (κ1) is 22.1. The third-order valence-electron chi connectivity index (χ3n) is 6.93. The van der Waals surface area contributed by atoms with Crippen LogP contribution in [0.4, 0.5) is 0 Å². The number of hydrogen-bond acceptors (Lipinski definition) is 5. The number of esters is 2. The van der Waals surface area contributed by atoms with Gasteiger partial charge >= 0.3 is 11.9 Å². The lowest BCUT2D eigenvalue weighted by atomic mass is 9.65. The summed E-state index contributed by atoms with van der Waals surface area (Å²) in [6, 6.07) is 0. The topological polar surface area (TPSA) is 72.8 Å². The second kappa shape index (κ2) is 9.46. The van der Waals surface area contributed by atoms with Crippen molar-refractivity contribution in [1.29, 1.82) is 0 Å². The fraction of sp³-hybridized carbons (Fsp3) is 0.750. The molecule has 0 saturated carbocycles. The van der Waals surface area contributed by atoms with Crippen molar-refractivity contribution in [1.82, 2.24) is 0 Å². The number of carbonyl (C=O) groups excluding carboxylic acids is 2. The summed E-state index contributed by atoms with van der Waals surface area (Å²) in [5, 5.41) is 9.89. The van der Waals surface area contributed by atoms with Gasteiger partial charge in [0, 0.05) is 12.3 Å². The Hall–Kier alpha value is -1.62. The Morgan fingerprint density at radius 2 is 2.07 bits per heavy atom. The normalized spacial score (nSPS) is 37.9. The molecule has 0 radical (unpaired) electrons. The maximum absolute atomic E-state index is 12.5. The van der Waals surface area contributed by atoms with Crippen LogP contribution >= 0.6 is 0 Å². The van der Waals surface area contributed by atoms with E-state index >= 15 is 0 Å². The van der Waals surface area contributed by atoms with E-state index in [-0.39, 0.29) is 42.4 Å². The van der Waals surface area contributed by atoms with Crippen molar-refractivity contribution in [2.45, 2.75) is 84.5 Å². The molecule has 1 N–H and O–H groups in total. The molecule has 3 aliphatic rings. The molecular formula is C24H36O5. The minimum Gasteiger partial charge on any atom is -0.462 e. The Kier molecular flexibility index (Phi) is 7.20. The lowest BCUT2D eigenvalue weighted by Crippen LogP contribution is -2.42. The number of hydrogen-bond donors (Lipinski definition) is 1. The first-order valence-corrected chi connectivity index (χ1v) is 11.3. The maximum Gasteiger partial charge on any atom is 0.308 e. The number of rotatable bonds is 6. The SMILES string of the molecule is CC[C@@H](C)C(=O)O[C@H]1C[C@@H](C)C=C2C=C[C@H](C)[C@H](CC[C@H]3C[C@@H](O)CC(=O)O3)[C@H]21. The lowest BCUT2D eigenvalue weighted by Gasteiger charge is -2.43. The molecule has 5 heteroatoms. The molecule has 8 atom stereocenters. The van der Waals surface area contributed by atoms with E-state index < -0.39 is 6.10 Å². The third-order valence-corrected chi connectivity index (χ3v) is 6.93. The summed E-state index contributed by atoms with van der Waals surface area (Å²) in [5.41, 5.74) is 1.27. The summed E-state index contributed by atoms with van der Waals surface area (Å²) in [5.74, 6) is 0.755. The van der Waals surface area contributed by atoms with E-state index in [1.54, 1.807) is 0 Å². The number of allylic oxidation sites excluding steroid dienone is 3. The van der Waals surface area contributed by atoms with Gasteiger partial charge in [0.15, 0.2) is 0 Å². The van der Waals surface area contributed by atoms with Crippen LogP contribution in [0.15, 0.2) is 23.8 Å². The molecule has 29 heavy (non-hydrogen) atoms. The highest BCUT2D eigenvalue weighted by atomic mass is 16.5.